The second-order valence-electron chi connectivity index (χ2n) is 13.7. The van der Waals surface area contributed by atoms with E-state index in [1.807, 2.05) is 0 Å². The molecule has 44 heavy (non-hydrogen) atoms. The van der Waals surface area contributed by atoms with Crippen LogP contribution in [0.15, 0.2) is 24.3 Å². The molecule has 0 atom stereocenters. The number of unbranched alkanes of at least 4 members (excludes halogenated alkanes) is 24. The molecule has 262 valence electrons. The van der Waals surface area contributed by atoms with Crippen LogP contribution in [0.4, 0.5) is 0 Å². The first kappa shape index (κ1) is 43.4. The van der Waals surface area contributed by atoms with Gasteiger partial charge in [-0.3, -0.25) is 4.90 Å². The number of nitrogens with zero attached hydrogens (tertiary/aromatic N) is 1. The average molecular weight is 618 g/mol. The third kappa shape index (κ3) is 39.4. The predicted molar refractivity (Wildman–Crippen MR) is 202 cm³/mol. The lowest BCUT2D eigenvalue weighted by molar-refractivity contribution is 0.299. The molecule has 0 saturated carbocycles. The minimum atomic E-state index is 1.03. The van der Waals surface area contributed by atoms with Crippen LogP contribution in [0.25, 0.3) is 0 Å². The molecule has 0 heterocycles. The highest BCUT2D eigenvalue weighted by Crippen LogP contribution is 2.11. The fraction of sp³-hybridized carbons (Fsp3) is 0.902. The molecular formula is C41H83N3. The number of hydrogen-bond donors (Lipinski definition) is 2. The first-order valence-corrected chi connectivity index (χ1v) is 20.2. The van der Waals surface area contributed by atoms with Crippen LogP contribution in [0, 0.1) is 0 Å². The lowest BCUT2D eigenvalue weighted by atomic mass is 10.1. The zero-order valence-electron chi connectivity index (χ0n) is 30.8. The van der Waals surface area contributed by atoms with Gasteiger partial charge in [-0.05, 0) is 97.3 Å². The molecule has 0 aliphatic rings. The molecule has 0 aliphatic carbocycles. The molecule has 0 bridgehead atoms. The standard InChI is InChI=1S/C41H83N3/c1-4-6-8-10-12-14-16-18-20-22-24-26-28-30-32-34-37-42-39-36-40-44(3)41-43-38-35-33-31-29-27-25-23-21-19-17-15-13-11-9-7-5-2/h18-21,42-43H,4-17,22-41H2,1-3H3. The molecule has 0 saturated heterocycles. The molecule has 0 spiro atoms. The average Bonchev–Trinajstić information content (AvgIpc) is 3.03. The summed E-state index contributed by atoms with van der Waals surface area (Å²) >= 11 is 0. The van der Waals surface area contributed by atoms with Gasteiger partial charge in [0.15, 0.2) is 0 Å². The Labute approximate surface area is 279 Å². The lowest BCUT2D eigenvalue weighted by Gasteiger charge is -2.17. The summed E-state index contributed by atoms with van der Waals surface area (Å²) in [6.45, 7) is 10.3. The Hall–Kier alpha value is -0.640. The molecule has 0 aromatic rings. The van der Waals surface area contributed by atoms with Crippen molar-refractivity contribution >= 4 is 0 Å². The van der Waals surface area contributed by atoms with Crippen LogP contribution in [0.3, 0.4) is 0 Å². The van der Waals surface area contributed by atoms with Crippen molar-refractivity contribution in [3.63, 3.8) is 0 Å². The molecule has 3 nitrogen and oxygen atoms in total. The summed E-state index contributed by atoms with van der Waals surface area (Å²) in [6, 6.07) is 0. The Morgan fingerprint density at radius 1 is 0.364 bits per heavy atom. The van der Waals surface area contributed by atoms with Crippen LogP contribution >= 0.6 is 0 Å². The van der Waals surface area contributed by atoms with Gasteiger partial charge in [0.05, 0.1) is 0 Å². The molecule has 0 rings (SSSR count). The van der Waals surface area contributed by atoms with Gasteiger partial charge >= 0.3 is 0 Å². The van der Waals surface area contributed by atoms with Gasteiger partial charge < -0.3 is 10.6 Å². The van der Waals surface area contributed by atoms with Gasteiger partial charge in [0.2, 0.25) is 0 Å². The van der Waals surface area contributed by atoms with E-state index in [-0.39, 0.29) is 0 Å². The summed E-state index contributed by atoms with van der Waals surface area (Å²) in [7, 11) is 2.25. The van der Waals surface area contributed by atoms with E-state index in [0.29, 0.717) is 0 Å². The zero-order valence-corrected chi connectivity index (χ0v) is 30.8. The van der Waals surface area contributed by atoms with Crippen LogP contribution in [0.2, 0.25) is 0 Å². The first-order chi connectivity index (χ1) is 21.8. The molecule has 0 radical (unpaired) electrons. The maximum Gasteiger partial charge on any atom is 0.0477 e. The zero-order chi connectivity index (χ0) is 31.9. The minimum Gasteiger partial charge on any atom is -0.317 e. The van der Waals surface area contributed by atoms with Crippen LogP contribution in [-0.2, 0) is 0 Å². The Balaban J connectivity index is 3.20. The van der Waals surface area contributed by atoms with Crippen molar-refractivity contribution in [1.82, 2.24) is 15.5 Å². The second kappa shape index (κ2) is 40.4. The van der Waals surface area contributed by atoms with Crippen LogP contribution < -0.4 is 10.6 Å². The predicted octanol–water partition coefficient (Wildman–Crippen LogP) is 12.5. The van der Waals surface area contributed by atoms with Crippen LogP contribution in [0.5, 0.6) is 0 Å². The fourth-order valence-electron chi connectivity index (χ4n) is 5.94. The Morgan fingerprint density at radius 2 is 0.682 bits per heavy atom. The van der Waals surface area contributed by atoms with Gasteiger partial charge in [0, 0.05) is 13.2 Å². The van der Waals surface area contributed by atoms with E-state index in [1.54, 1.807) is 0 Å². The molecular weight excluding hydrogens is 534 g/mol. The monoisotopic (exact) mass is 618 g/mol. The van der Waals surface area contributed by atoms with Crippen molar-refractivity contribution in [3.8, 4) is 0 Å². The summed E-state index contributed by atoms with van der Waals surface area (Å²) < 4.78 is 0. The summed E-state index contributed by atoms with van der Waals surface area (Å²) in [5, 5.41) is 7.30. The normalized spacial score (nSPS) is 12.1. The Kier molecular flexibility index (Phi) is 39.8. The summed E-state index contributed by atoms with van der Waals surface area (Å²) in [4.78, 5) is 2.44. The maximum absolute atomic E-state index is 3.66. The third-order valence-electron chi connectivity index (χ3n) is 9.01. The largest absolute Gasteiger partial charge is 0.317 e. The van der Waals surface area contributed by atoms with Gasteiger partial charge in [-0.1, -0.05) is 154 Å². The molecule has 0 amide bonds. The summed E-state index contributed by atoms with van der Waals surface area (Å²) in [6.07, 6.45) is 49.7. The number of nitrogens with one attached hydrogen (secondary N) is 2. The molecule has 0 aromatic carbocycles. The van der Waals surface area contributed by atoms with Crippen molar-refractivity contribution < 1.29 is 0 Å². The van der Waals surface area contributed by atoms with E-state index in [2.05, 4.69) is 60.7 Å². The smallest absolute Gasteiger partial charge is 0.0477 e. The van der Waals surface area contributed by atoms with Crippen molar-refractivity contribution in [1.29, 1.82) is 0 Å². The SMILES string of the molecule is CCCCCCCCC=CCCCCCCCCNCCCN(C)CNCCCCCCCCC=CCCCCCCCC. The van der Waals surface area contributed by atoms with Crippen molar-refractivity contribution in [3.05, 3.63) is 24.3 Å². The second-order valence-corrected chi connectivity index (χ2v) is 13.7. The highest BCUT2D eigenvalue weighted by atomic mass is 15.2. The molecule has 0 unspecified atom stereocenters. The Morgan fingerprint density at radius 3 is 1.09 bits per heavy atom. The van der Waals surface area contributed by atoms with E-state index in [4.69, 9.17) is 0 Å². The van der Waals surface area contributed by atoms with Crippen molar-refractivity contribution in [2.45, 2.75) is 200 Å². The van der Waals surface area contributed by atoms with E-state index in [9.17, 15) is 0 Å². The Bertz CT molecular complexity index is 558. The van der Waals surface area contributed by atoms with E-state index in [0.717, 1.165) is 13.2 Å². The lowest BCUT2D eigenvalue weighted by Crippen LogP contribution is -2.33. The van der Waals surface area contributed by atoms with E-state index < -0.39 is 0 Å². The highest BCUT2D eigenvalue weighted by molar-refractivity contribution is 4.82. The number of allylic oxidation sites excluding steroid dienone is 4. The summed E-state index contributed by atoms with van der Waals surface area (Å²) in [5.41, 5.74) is 0. The van der Waals surface area contributed by atoms with Gasteiger partial charge in [-0.25, -0.2) is 0 Å². The van der Waals surface area contributed by atoms with Crippen molar-refractivity contribution in [2.75, 3.05) is 39.9 Å². The molecule has 0 fully saturated rings. The quantitative estimate of drug-likeness (QED) is 0.0410. The first-order valence-electron chi connectivity index (χ1n) is 20.2. The van der Waals surface area contributed by atoms with Crippen LogP contribution in [-0.4, -0.2) is 44.8 Å². The minimum absolute atomic E-state index is 1.03. The molecule has 2 N–H and O–H groups in total. The van der Waals surface area contributed by atoms with Crippen LogP contribution in [0.1, 0.15) is 200 Å². The van der Waals surface area contributed by atoms with E-state index in [1.165, 1.54) is 206 Å². The summed E-state index contributed by atoms with van der Waals surface area (Å²) in [5.74, 6) is 0. The fourth-order valence-corrected chi connectivity index (χ4v) is 5.94. The maximum atomic E-state index is 3.66. The van der Waals surface area contributed by atoms with E-state index >= 15 is 0 Å². The number of hydrogen-bond acceptors (Lipinski definition) is 3. The van der Waals surface area contributed by atoms with Gasteiger partial charge in [0.25, 0.3) is 0 Å². The third-order valence-corrected chi connectivity index (χ3v) is 9.01. The van der Waals surface area contributed by atoms with Crippen molar-refractivity contribution in [2.24, 2.45) is 0 Å². The highest BCUT2D eigenvalue weighted by Gasteiger charge is 1.98. The molecule has 0 aromatic heterocycles. The number of rotatable bonds is 38. The topological polar surface area (TPSA) is 27.3 Å². The van der Waals surface area contributed by atoms with Gasteiger partial charge in [0.1, 0.15) is 0 Å². The molecule has 3 heteroatoms. The van der Waals surface area contributed by atoms with Gasteiger partial charge in [-0.15, -0.1) is 0 Å². The molecule has 0 aliphatic heterocycles. The van der Waals surface area contributed by atoms with Gasteiger partial charge in [-0.2, -0.15) is 0 Å².